The van der Waals surface area contributed by atoms with Crippen LogP contribution in [-0.4, -0.2) is 24.5 Å². The number of hydrogen-bond acceptors (Lipinski definition) is 2. The fraction of sp³-hybridized carbons (Fsp3) is 0.538. The maximum absolute atomic E-state index is 5.92. The molecule has 2 fully saturated rings. The van der Waals surface area contributed by atoms with Gasteiger partial charge in [-0.3, -0.25) is 0 Å². The van der Waals surface area contributed by atoms with Crippen molar-refractivity contribution in [3.63, 3.8) is 0 Å². The van der Waals surface area contributed by atoms with Crippen LogP contribution in [0.25, 0.3) is 0 Å². The fourth-order valence-electron chi connectivity index (χ4n) is 2.72. The number of likely N-dealkylation sites (tertiary alicyclic amines) is 1. The molecular weight excluding hydrogens is 184 g/mol. The van der Waals surface area contributed by atoms with Crippen LogP contribution in [0.3, 0.4) is 0 Å². The van der Waals surface area contributed by atoms with Gasteiger partial charge in [0.25, 0.3) is 0 Å². The molecule has 80 valence electrons. The summed E-state index contributed by atoms with van der Waals surface area (Å²) in [6.45, 7) is 3.84. The minimum absolute atomic E-state index is 0.946. The van der Waals surface area contributed by atoms with Gasteiger partial charge in [-0.25, -0.2) is 0 Å². The number of rotatable bonds is 3. The Labute approximate surface area is 91.1 Å². The van der Waals surface area contributed by atoms with Crippen molar-refractivity contribution in [2.45, 2.75) is 12.8 Å². The summed E-state index contributed by atoms with van der Waals surface area (Å²) in [5.41, 5.74) is 8.17. The number of benzene rings is 1. The Morgan fingerprint density at radius 3 is 2.67 bits per heavy atom. The van der Waals surface area contributed by atoms with Crippen molar-refractivity contribution in [2.75, 3.05) is 25.4 Å². The molecule has 1 saturated heterocycles. The summed E-state index contributed by atoms with van der Waals surface area (Å²) in [4.78, 5) is 2.59. The summed E-state index contributed by atoms with van der Waals surface area (Å²) < 4.78 is 0. The Kier molecular flexibility index (Phi) is 2.17. The molecule has 0 spiro atoms. The Bertz CT molecular complexity index is 351. The number of nitrogens with zero attached hydrogens (tertiary/aromatic N) is 1. The van der Waals surface area contributed by atoms with Gasteiger partial charge in [0.15, 0.2) is 0 Å². The van der Waals surface area contributed by atoms with Crippen molar-refractivity contribution in [1.82, 2.24) is 4.90 Å². The first-order valence-electron chi connectivity index (χ1n) is 5.88. The quantitative estimate of drug-likeness (QED) is 0.757. The van der Waals surface area contributed by atoms with Gasteiger partial charge in [-0.1, -0.05) is 18.2 Å². The highest BCUT2D eigenvalue weighted by Gasteiger charge is 2.44. The van der Waals surface area contributed by atoms with E-state index >= 15 is 0 Å². The minimum Gasteiger partial charge on any atom is -0.399 e. The van der Waals surface area contributed by atoms with Crippen molar-refractivity contribution in [1.29, 1.82) is 0 Å². The summed E-state index contributed by atoms with van der Waals surface area (Å²) in [6, 6.07) is 8.22. The van der Waals surface area contributed by atoms with Crippen LogP contribution in [0.5, 0.6) is 0 Å². The normalized spacial score (nSPS) is 29.1. The van der Waals surface area contributed by atoms with Crippen LogP contribution in [0.15, 0.2) is 24.3 Å². The molecule has 0 bridgehead atoms. The third-order valence-electron chi connectivity index (χ3n) is 3.81. The van der Waals surface area contributed by atoms with Crippen molar-refractivity contribution in [3.8, 4) is 0 Å². The largest absolute Gasteiger partial charge is 0.399 e. The van der Waals surface area contributed by atoms with E-state index in [4.69, 9.17) is 5.73 Å². The van der Waals surface area contributed by atoms with Crippen LogP contribution in [0.2, 0.25) is 0 Å². The second-order valence-corrected chi connectivity index (χ2v) is 4.96. The molecule has 2 unspecified atom stereocenters. The van der Waals surface area contributed by atoms with Gasteiger partial charge in [0.2, 0.25) is 0 Å². The van der Waals surface area contributed by atoms with Crippen molar-refractivity contribution < 1.29 is 0 Å². The van der Waals surface area contributed by atoms with Gasteiger partial charge in [0, 0.05) is 25.3 Å². The van der Waals surface area contributed by atoms with Gasteiger partial charge in [0.05, 0.1) is 0 Å². The molecule has 15 heavy (non-hydrogen) atoms. The number of para-hydroxylation sites is 1. The standard InChI is InChI=1S/C13H18N2/c14-13-4-2-1-3-10(13)5-6-15-8-11-7-12(11)9-15/h1-4,11-12H,5-9,14H2. The molecule has 2 aliphatic rings. The third-order valence-corrected chi connectivity index (χ3v) is 3.81. The highest BCUT2D eigenvalue weighted by atomic mass is 15.2. The van der Waals surface area contributed by atoms with E-state index in [9.17, 15) is 0 Å². The fourth-order valence-corrected chi connectivity index (χ4v) is 2.72. The second kappa shape index (κ2) is 3.53. The van der Waals surface area contributed by atoms with Crippen LogP contribution in [0.4, 0.5) is 5.69 Å². The van der Waals surface area contributed by atoms with E-state index in [2.05, 4.69) is 17.0 Å². The SMILES string of the molecule is Nc1ccccc1CCN1CC2CC2C1. The predicted molar refractivity (Wildman–Crippen MR) is 62.6 cm³/mol. The molecule has 1 aliphatic heterocycles. The number of anilines is 1. The first-order chi connectivity index (χ1) is 7.33. The Hall–Kier alpha value is -1.02. The molecule has 0 amide bonds. The molecule has 2 nitrogen and oxygen atoms in total. The van der Waals surface area contributed by atoms with Crippen LogP contribution in [0, 0.1) is 11.8 Å². The predicted octanol–water partition coefficient (Wildman–Crippen LogP) is 1.76. The molecule has 1 saturated carbocycles. The average molecular weight is 202 g/mol. The molecule has 1 aliphatic carbocycles. The summed E-state index contributed by atoms with van der Waals surface area (Å²) in [7, 11) is 0. The van der Waals surface area contributed by atoms with Crippen molar-refractivity contribution >= 4 is 5.69 Å². The van der Waals surface area contributed by atoms with Gasteiger partial charge in [-0.15, -0.1) is 0 Å². The molecule has 1 aromatic rings. The molecule has 0 radical (unpaired) electrons. The van der Waals surface area contributed by atoms with Crippen LogP contribution in [0.1, 0.15) is 12.0 Å². The molecule has 2 N–H and O–H groups in total. The lowest BCUT2D eigenvalue weighted by molar-refractivity contribution is 0.309. The van der Waals surface area contributed by atoms with Crippen LogP contribution < -0.4 is 5.73 Å². The summed E-state index contributed by atoms with van der Waals surface area (Å²) in [5, 5.41) is 0. The third kappa shape index (κ3) is 1.86. The topological polar surface area (TPSA) is 29.3 Å². The van der Waals surface area contributed by atoms with E-state index in [0.29, 0.717) is 0 Å². The number of piperidine rings is 1. The zero-order valence-electron chi connectivity index (χ0n) is 9.02. The minimum atomic E-state index is 0.946. The number of nitrogens with two attached hydrogens (primary N) is 1. The lowest BCUT2D eigenvalue weighted by Crippen LogP contribution is -2.25. The first kappa shape index (κ1) is 9.22. The van der Waals surface area contributed by atoms with E-state index in [1.807, 2.05) is 12.1 Å². The zero-order chi connectivity index (χ0) is 10.3. The van der Waals surface area contributed by atoms with E-state index in [1.54, 1.807) is 0 Å². The zero-order valence-corrected chi connectivity index (χ0v) is 9.02. The molecule has 2 atom stereocenters. The maximum atomic E-state index is 5.92. The van der Waals surface area contributed by atoms with Gasteiger partial charge < -0.3 is 10.6 Å². The first-order valence-corrected chi connectivity index (χ1v) is 5.88. The monoisotopic (exact) mass is 202 g/mol. The number of nitrogen functional groups attached to an aromatic ring is 1. The lowest BCUT2D eigenvalue weighted by Gasteiger charge is -2.17. The number of hydrogen-bond donors (Lipinski definition) is 1. The molecule has 1 aromatic carbocycles. The second-order valence-electron chi connectivity index (χ2n) is 4.96. The van der Waals surface area contributed by atoms with Crippen LogP contribution in [-0.2, 0) is 6.42 Å². The highest BCUT2D eigenvalue weighted by Crippen LogP contribution is 2.44. The van der Waals surface area contributed by atoms with E-state index in [0.717, 1.165) is 23.9 Å². The van der Waals surface area contributed by atoms with Gasteiger partial charge in [-0.2, -0.15) is 0 Å². The lowest BCUT2D eigenvalue weighted by atomic mass is 10.1. The molecule has 3 rings (SSSR count). The summed E-state index contributed by atoms with van der Waals surface area (Å²) in [5.74, 6) is 2.08. The maximum Gasteiger partial charge on any atom is 0.0347 e. The molecule has 1 heterocycles. The summed E-state index contributed by atoms with van der Waals surface area (Å²) >= 11 is 0. The van der Waals surface area contributed by atoms with Gasteiger partial charge in [-0.05, 0) is 36.3 Å². The van der Waals surface area contributed by atoms with Crippen molar-refractivity contribution in [3.05, 3.63) is 29.8 Å². The Morgan fingerprint density at radius 2 is 1.93 bits per heavy atom. The summed E-state index contributed by atoms with van der Waals surface area (Å²) in [6.07, 6.45) is 2.59. The Balaban J connectivity index is 1.55. The number of fused-ring (bicyclic) bond motifs is 1. The van der Waals surface area contributed by atoms with E-state index in [1.165, 1.54) is 31.6 Å². The van der Waals surface area contributed by atoms with E-state index < -0.39 is 0 Å². The highest BCUT2D eigenvalue weighted by molar-refractivity contribution is 5.46. The van der Waals surface area contributed by atoms with Gasteiger partial charge >= 0.3 is 0 Å². The van der Waals surface area contributed by atoms with Crippen LogP contribution >= 0.6 is 0 Å². The average Bonchev–Trinajstić information content (AvgIpc) is 2.85. The molecule has 2 heteroatoms. The van der Waals surface area contributed by atoms with E-state index in [-0.39, 0.29) is 0 Å². The smallest absolute Gasteiger partial charge is 0.0347 e. The van der Waals surface area contributed by atoms with Gasteiger partial charge in [0.1, 0.15) is 0 Å². The Morgan fingerprint density at radius 1 is 1.20 bits per heavy atom. The molecule has 0 aromatic heterocycles. The molecular formula is C13H18N2. The van der Waals surface area contributed by atoms with Crippen molar-refractivity contribution in [2.24, 2.45) is 11.8 Å².